The van der Waals surface area contributed by atoms with Gasteiger partial charge in [-0.3, -0.25) is 0 Å². The highest BCUT2D eigenvalue weighted by molar-refractivity contribution is 5.31. The van der Waals surface area contributed by atoms with E-state index in [0.717, 1.165) is 11.8 Å². The topological polar surface area (TPSA) is 20.2 Å². The van der Waals surface area contributed by atoms with Gasteiger partial charge in [-0.15, -0.1) is 0 Å². The molecule has 10 heavy (non-hydrogen) atoms. The van der Waals surface area contributed by atoms with Gasteiger partial charge in [0.05, 0.1) is 6.10 Å². The zero-order valence-corrected chi connectivity index (χ0v) is 5.64. The van der Waals surface area contributed by atoms with Crippen LogP contribution in [0.3, 0.4) is 0 Å². The third-order valence-electron chi connectivity index (χ3n) is 3.12. The van der Waals surface area contributed by atoms with Gasteiger partial charge >= 0.3 is 0 Å². The minimum atomic E-state index is -0.142. The van der Waals surface area contributed by atoms with E-state index in [1.807, 2.05) is 6.08 Å². The molecular formula is C9H10O. The number of aliphatic hydroxyl groups excluding tert-OH is 1. The molecule has 3 rings (SSSR count). The summed E-state index contributed by atoms with van der Waals surface area (Å²) in [5.41, 5.74) is 0. The lowest BCUT2D eigenvalue weighted by atomic mass is 9.94. The van der Waals surface area contributed by atoms with Gasteiger partial charge in [-0.1, -0.05) is 24.3 Å². The number of rotatable bonds is 0. The smallest absolute Gasteiger partial charge is 0.0758 e. The summed E-state index contributed by atoms with van der Waals surface area (Å²) in [7, 11) is 0. The Morgan fingerprint density at radius 1 is 0.900 bits per heavy atom. The molecular weight excluding hydrogens is 124 g/mol. The van der Waals surface area contributed by atoms with E-state index in [1.54, 1.807) is 0 Å². The number of aliphatic hydroxyl groups is 1. The van der Waals surface area contributed by atoms with E-state index in [2.05, 4.69) is 18.2 Å². The van der Waals surface area contributed by atoms with E-state index >= 15 is 0 Å². The van der Waals surface area contributed by atoms with E-state index in [0.29, 0.717) is 11.8 Å². The molecule has 1 N–H and O–H groups in total. The van der Waals surface area contributed by atoms with Gasteiger partial charge < -0.3 is 5.11 Å². The largest absolute Gasteiger partial charge is 0.389 e. The van der Waals surface area contributed by atoms with E-state index in [9.17, 15) is 5.11 Å². The van der Waals surface area contributed by atoms with Crippen LogP contribution in [0.5, 0.6) is 0 Å². The highest BCUT2D eigenvalue weighted by atomic mass is 16.3. The maximum Gasteiger partial charge on any atom is 0.0758 e. The number of hydrogen-bond acceptors (Lipinski definition) is 1. The SMILES string of the molecule is OC1C=CC2C=CC3C1C23. The first-order chi connectivity index (χ1) is 4.88. The fraction of sp³-hybridized carbons (Fsp3) is 0.556. The van der Waals surface area contributed by atoms with Crippen LogP contribution in [0.25, 0.3) is 0 Å². The van der Waals surface area contributed by atoms with Crippen molar-refractivity contribution in [1.29, 1.82) is 0 Å². The van der Waals surface area contributed by atoms with E-state index in [1.165, 1.54) is 0 Å². The summed E-state index contributed by atoms with van der Waals surface area (Å²) >= 11 is 0. The third-order valence-corrected chi connectivity index (χ3v) is 3.12. The van der Waals surface area contributed by atoms with Gasteiger partial charge in [0.15, 0.2) is 0 Å². The van der Waals surface area contributed by atoms with Gasteiger partial charge in [-0.2, -0.15) is 0 Å². The van der Waals surface area contributed by atoms with Crippen LogP contribution in [0.1, 0.15) is 0 Å². The van der Waals surface area contributed by atoms with Crippen LogP contribution < -0.4 is 0 Å². The normalized spacial score (nSPS) is 60.7. The standard InChI is InChI=1S/C9H10O/c10-7-4-2-5-1-3-6-8(5)9(6)7/h1-10H. The molecule has 1 heteroatoms. The summed E-state index contributed by atoms with van der Waals surface area (Å²) < 4.78 is 0. The summed E-state index contributed by atoms with van der Waals surface area (Å²) in [6, 6.07) is 0. The Labute approximate surface area is 60.1 Å². The Morgan fingerprint density at radius 3 is 2.50 bits per heavy atom. The van der Waals surface area contributed by atoms with Crippen LogP contribution in [-0.4, -0.2) is 11.2 Å². The highest BCUT2D eigenvalue weighted by Crippen LogP contribution is 2.60. The van der Waals surface area contributed by atoms with Crippen molar-refractivity contribution in [3.63, 3.8) is 0 Å². The van der Waals surface area contributed by atoms with E-state index in [-0.39, 0.29) is 6.10 Å². The molecule has 3 aliphatic carbocycles. The zero-order valence-electron chi connectivity index (χ0n) is 5.64. The van der Waals surface area contributed by atoms with Crippen LogP contribution in [0, 0.1) is 23.7 Å². The molecule has 0 aromatic heterocycles. The van der Waals surface area contributed by atoms with Crippen LogP contribution in [0.4, 0.5) is 0 Å². The minimum Gasteiger partial charge on any atom is -0.389 e. The summed E-state index contributed by atoms with van der Waals surface area (Å²) in [5, 5.41) is 9.42. The summed E-state index contributed by atoms with van der Waals surface area (Å²) in [4.78, 5) is 0. The van der Waals surface area contributed by atoms with Crippen molar-refractivity contribution in [2.75, 3.05) is 0 Å². The van der Waals surface area contributed by atoms with Crippen LogP contribution in [0.2, 0.25) is 0 Å². The molecule has 5 unspecified atom stereocenters. The first-order valence-electron chi connectivity index (χ1n) is 3.92. The lowest BCUT2D eigenvalue weighted by Crippen LogP contribution is -2.15. The molecule has 1 saturated carbocycles. The first-order valence-corrected chi connectivity index (χ1v) is 3.92. The molecule has 0 bridgehead atoms. The molecule has 0 aliphatic heterocycles. The Hall–Kier alpha value is -0.560. The second-order valence-electron chi connectivity index (χ2n) is 3.57. The molecule has 0 saturated heterocycles. The summed E-state index contributed by atoms with van der Waals surface area (Å²) in [6.45, 7) is 0. The Morgan fingerprint density at radius 2 is 1.70 bits per heavy atom. The predicted molar refractivity (Wildman–Crippen MR) is 38.2 cm³/mol. The van der Waals surface area contributed by atoms with Gasteiger partial charge in [0.25, 0.3) is 0 Å². The molecule has 0 spiro atoms. The maximum atomic E-state index is 9.42. The molecule has 52 valence electrons. The van der Waals surface area contributed by atoms with Gasteiger partial charge in [0, 0.05) is 0 Å². The second kappa shape index (κ2) is 1.37. The highest BCUT2D eigenvalue weighted by Gasteiger charge is 2.58. The van der Waals surface area contributed by atoms with Crippen molar-refractivity contribution in [2.24, 2.45) is 23.7 Å². The number of hydrogen-bond donors (Lipinski definition) is 1. The molecule has 0 aromatic rings. The number of fused-ring (bicyclic) bond motifs is 1. The molecule has 0 amide bonds. The van der Waals surface area contributed by atoms with E-state index < -0.39 is 0 Å². The first kappa shape index (κ1) is 5.14. The molecule has 0 heterocycles. The van der Waals surface area contributed by atoms with Crippen LogP contribution in [0.15, 0.2) is 24.3 Å². The summed E-state index contributed by atoms with van der Waals surface area (Å²) in [5.74, 6) is 2.74. The maximum absolute atomic E-state index is 9.42. The fourth-order valence-electron chi connectivity index (χ4n) is 2.56. The molecule has 1 fully saturated rings. The quantitative estimate of drug-likeness (QED) is 0.489. The van der Waals surface area contributed by atoms with Crippen molar-refractivity contribution in [3.8, 4) is 0 Å². The van der Waals surface area contributed by atoms with Gasteiger partial charge in [0.1, 0.15) is 0 Å². The van der Waals surface area contributed by atoms with Crippen molar-refractivity contribution in [2.45, 2.75) is 6.10 Å². The van der Waals surface area contributed by atoms with Crippen molar-refractivity contribution >= 4 is 0 Å². The summed E-state index contributed by atoms with van der Waals surface area (Å²) in [6.07, 6.45) is 8.50. The Bertz CT molecular complexity index is 229. The lowest BCUT2D eigenvalue weighted by Gasteiger charge is -2.15. The predicted octanol–water partition coefficient (Wildman–Crippen LogP) is 0.965. The van der Waals surface area contributed by atoms with Gasteiger partial charge in [-0.25, -0.2) is 0 Å². The molecule has 0 aromatic carbocycles. The average Bonchev–Trinajstić information content (AvgIpc) is 2.51. The zero-order chi connectivity index (χ0) is 6.72. The molecule has 5 atom stereocenters. The van der Waals surface area contributed by atoms with Gasteiger partial charge in [0.2, 0.25) is 0 Å². The van der Waals surface area contributed by atoms with Crippen LogP contribution in [-0.2, 0) is 0 Å². The van der Waals surface area contributed by atoms with Crippen LogP contribution >= 0.6 is 0 Å². The molecule has 0 radical (unpaired) electrons. The van der Waals surface area contributed by atoms with E-state index in [4.69, 9.17) is 0 Å². The Balaban J connectivity index is 2.05. The molecule has 3 aliphatic rings. The second-order valence-corrected chi connectivity index (χ2v) is 3.57. The average molecular weight is 134 g/mol. The van der Waals surface area contributed by atoms with Crippen molar-refractivity contribution in [1.82, 2.24) is 0 Å². The monoisotopic (exact) mass is 134 g/mol. The van der Waals surface area contributed by atoms with Crippen molar-refractivity contribution < 1.29 is 5.11 Å². The Kier molecular flexibility index (Phi) is 0.706. The van der Waals surface area contributed by atoms with Gasteiger partial charge in [-0.05, 0) is 23.7 Å². The lowest BCUT2D eigenvalue weighted by molar-refractivity contribution is 0.180. The third kappa shape index (κ3) is 0.410. The fourth-order valence-corrected chi connectivity index (χ4v) is 2.56. The number of allylic oxidation sites excluding steroid dienone is 3. The minimum absolute atomic E-state index is 0.142. The van der Waals surface area contributed by atoms with Crippen molar-refractivity contribution in [3.05, 3.63) is 24.3 Å². The molecule has 1 nitrogen and oxygen atoms in total.